The number of hydrogen-bond donors (Lipinski definition) is 1. The van der Waals surface area contributed by atoms with Gasteiger partial charge in [0.1, 0.15) is 5.76 Å². The number of halogens is 1. The first-order valence-electron chi connectivity index (χ1n) is 8.85. The molecule has 0 aliphatic heterocycles. The number of benzene rings is 2. The van der Waals surface area contributed by atoms with Gasteiger partial charge in [-0.1, -0.05) is 47.6 Å². The average Bonchev–Trinajstić information content (AvgIpc) is 3.32. The van der Waals surface area contributed by atoms with Crippen molar-refractivity contribution in [1.29, 1.82) is 0 Å². The van der Waals surface area contributed by atoms with Crippen LogP contribution in [0.4, 0.5) is 5.69 Å². The monoisotopic (exact) mass is 424 g/mol. The highest BCUT2D eigenvalue weighted by Gasteiger charge is 2.19. The van der Waals surface area contributed by atoms with E-state index in [0.29, 0.717) is 21.7 Å². The molecule has 0 fully saturated rings. The summed E-state index contributed by atoms with van der Waals surface area (Å²) in [7, 11) is 0. The lowest BCUT2D eigenvalue weighted by Gasteiger charge is -2.10. The second-order valence-corrected chi connectivity index (χ2v) is 7.59. The van der Waals surface area contributed by atoms with E-state index in [1.807, 2.05) is 47.9 Å². The number of carbonyl (C=O) groups excluding carboxylic acids is 1. The third-order valence-electron chi connectivity index (χ3n) is 4.19. The maximum Gasteiger partial charge on any atom is 0.234 e. The van der Waals surface area contributed by atoms with Crippen molar-refractivity contribution in [3.8, 4) is 17.1 Å². The quantitative estimate of drug-likeness (QED) is 0.429. The number of thioether (sulfide) groups is 1. The van der Waals surface area contributed by atoms with E-state index in [0.717, 1.165) is 17.0 Å². The first-order valence-corrected chi connectivity index (χ1v) is 10.2. The molecule has 2 heterocycles. The number of carbonyl (C=O) groups is 1. The van der Waals surface area contributed by atoms with Gasteiger partial charge in [0.15, 0.2) is 11.0 Å². The fourth-order valence-electron chi connectivity index (χ4n) is 2.86. The van der Waals surface area contributed by atoms with Crippen LogP contribution in [-0.2, 0) is 4.79 Å². The summed E-state index contributed by atoms with van der Waals surface area (Å²) in [6.45, 7) is 1.88. The number of nitrogens with zero attached hydrogens (tertiary/aromatic N) is 3. The Labute approximate surface area is 176 Å². The summed E-state index contributed by atoms with van der Waals surface area (Å²) in [6, 6.07) is 18.7. The predicted octanol–water partition coefficient (Wildman–Crippen LogP) is 5.22. The molecule has 0 atom stereocenters. The molecule has 2 aromatic heterocycles. The highest BCUT2D eigenvalue weighted by Crippen LogP contribution is 2.30. The van der Waals surface area contributed by atoms with Gasteiger partial charge in [0.2, 0.25) is 5.91 Å². The molecule has 0 aliphatic carbocycles. The molecule has 0 unspecified atom stereocenters. The molecule has 29 heavy (non-hydrogen) atoms. The van der Waals surface area contributed by atoms with Crippen molar-refractivity contribution in [3.63, 3.8) is 0 Å². The zero-order valence-corrected chi connectivity index (χ0v) is 17.1. The Balaban J connectivity index is 1.58. The third-order valence-corrected chi connectivity index (χ3v) is 5.35. The summed E-state index contributed by atoms with van der Waals surface area (Å²) < 4.78 is 7.36. The van der Waals surface area contributed by atoms with Crippen LogP contribution >= 0.6 is 23.4 Å². The van der Waals surface area contributed by atoms with Crippen LogP contribution in [0.5, 0.6) is 0 Å². The Bertz CT molecular complexity index is 1140. The van der Waals surface area contributed by atoms with E-state index in [9.17, 15) is 4.79 Å². The van der Waals surface area contributed by atoms with Crippen LogP contribution in [0.1, 0.15) is 5.76 Å². The molecule has 0 saturated carbocycles. The summed E-state index contributed by atoms with van der Waals surface area (Å²) in [5, 5.41) is 12.7. The molecular formula is C21H17ClN4O2S. The minimum Gasteiger partial charge on any atom is -0.469 e. The van der Waals surface area contributed by atoms with Crippen LogP contribution < -0.4 is 5.32 Å². The molecule has 0 spiro atoms. The van der Waals surface area contributed by atoms with Crippen molar-refractivity contribution in [3.05, 3.63) is 77.7 Å². The number of hydrogen-bond acceptors (Lipinski definition) is 5. The van der Waals surface area contributed by atoms with E-state index in [4.69, 9.17) is 16.0 Å². The number of aryl methyl sites for hydroxylation is 1. The van der Waals surface area contributed by atoms with Gasteiger partial charge in [0.05, 0.1) is 17.6 Å². The number of rotatable bonds is 6. The second kappa shape index (κ2) is 8.55. The van der Waals surface area contributed by atoms with Gasteiger partial charge in [-0.2, -0.15) is 0 Å². The highest BCUT2D eigenvalue weighted by molar-refractivity contribution is 7.99. The number of amides is 1. The summed E-state index contributed by atoms with van der Waals surface area (Å²) in [5.41, 5.74) is 2.42. The predicted molar refractivity (Wildman–Crippen MR) is 115 cm³/mol. The van der Waals surface area contributed by atoms with Crippen molar-refractivity contribution >= 4 is 35.0 Å². The molecule has 4 rings (SSSR count). The number of furan rings is 1. The van der Waals surface area contributed by atoms with Crippen LogP contribution in [0.2, 0.25) is 5.02 Å². The summed E-state index contributed by atoms with van der Waals surface area (Å²) >= 11 is 7.28. The normalized spacial score (nSPS) is 10.8. The number of aromatic nitrogens is 3. The highest BCUT2D eigenvalue weighted by atomic mass is 35.5. The van der Waals surface area contributed by atoms with Crippen molar-refractivity contribution in [2.75, 3.05) is 11.1 Å². The molecule has 8 heteroatoms. The average molecular weight is 425 g/mol. The Hall–Kier alpha value is -3.03. The Morgan fingerprint density at radius 3 is 2.69 bits per heavy atom. The SMILES string of the molecule is Cc1occc1-c1nnc(SCC(=O)Nc2cccc(Cl)c2)n1-c1ccccc1. The minimum absolute atomic E-state index is 0.152. The van der Waals surface area contributed by atoms with E-state index in [1.165, 1.54) is 11.8 Å². The zero-order chi connectivity index (χ0) is 20.2. The fourth-order valence-corrected chi connectivity index (χ4v) is 3.80. The molecule has 1 amide bonds. The second-order valence-electron chi connectivity index (χ2n) is 6.21. The molecule has 146 valence electrons. The largest absolute Gasteiger partial charge is 0.469 e. The van der Waals surface area contributed by atoms with Crippen molar-refractivity contribution < 1.29 is 9.21 Å². The minimum atomic E-state index is -0.152. The lowest BCUT2D eigenvalue weighted by Crippen LogP contribution is -2.14. The Morgan fingerprint density at radius 1 is 1.14 bits per heavy atom. The molecule has 6 nitrogen and oxygen atoms in total. The standard InChI is InChI=1S/C21H17ClN4O2S/c1-14-18(10-11-28-14)20-24-25-21(26(20)17-8-3-2-4-9-17)29-13-19(27)23-16-7-5-6-15(22)12-16/h2-12H,13H2,1H3,(H,23,27). The van der Waals surface area contributed by atoms with Crippen molar-refractivity contribution in [2.45, 2.75) is 12.1 Å². The molecule has 0 bridgehead atoms. The van der Waals surface area contributed by atoms with Crippen LogP contribution in [0, 0.1) is 6.92 Å². The molecule has 1 N–H and O–H groups in total. The molecule has 0 aliphatic rings. The smallest absolute Gasteiger partial charge is 0.234 e. The van der Waals surface area contributed by atoms with Crippen molar-refractivity contribution in [2.24, 2.45) is 0 Å². The van der Waals surface area contributed by atoms with E-state index >= 15 is 0 Å². The number of nitrogens with one attached hydrogen (secondary N) is 1. The van der Waals surface area contributed by atoms with E-state index in [1.54, 1.807) is 30.5 Å². The van der Waals surface area contributed by atoms with E-state index in [-0.39, 0.29) is 11.7 Å². The molecular weight excluding hydrogens is 408 g/mol. The lowest BCUT2D eigenvalue weighted by molar-refractivity contribution is -0.113. The van der Waals surface area contributed by atoms with E-state index < -0.39 is 0 Å². The summed E-state index contributed by atoms with van der Waals surface area (Å²) in [5.74, 6) is 1.45. The Kier molecular flexibility index (Phi) is 5.69. The lowest BCUT2D eigenvalue weighted by atomic mass is 10.2. The van der Waals surface area contributed by atoms with Gasteiger partial charge in [0, 0.05) is 16.4 Å². The van der Waals surface area contributed by atoms with Gasteiger partial charge in [-0.3, -0.25) is 9.36 Å². The van der Waals surface area contributed by atoms with Crippen molar-refractivity contribution in [1.82, 2.24) is 14.8 Å². The molecule has 0 radical (unpaired) electrons. The van der Waals surface area contributed by atoms with Crippen LogP contribution in [0.15, 0.2) is 76.5 Å². The van der Waals surface area contributed by atoms with E-state index in [2.05, 4.69) is 15.5 Å². The molecule has 4 aromatic rings. The topological polar surface area (TPSA) is 72.9 Å². The third kappa shape index (κ3) is 4.36. The number of anilines is 1. The van der Waals surface area contributed by atoms with Gasteiger partial charge in [-0.25, -0.2) is 0 Å². The maximum atomic E-state index is 12.4. The Morgan fingerprint density at radius 2 is 1.97 bits per heavy atom. The molecule has 0 saturated heterocycles. The van der Waals surface area contributed by atoms with Gasteiger partial charge in [0.25, 0.3) is 0 Å². The van der Waals surface area contributed by atoms with Gasteiger partial charge >= 0.3 is 0 Å². The van der Waals surface area contributed by atoms with Crippen LogP contribution in [-0.4, -0.2) is 26.4 Å². The van der Waals surface area contributed by atoms with Gasteiger partial charge in [-0.15, -0.1) is 10.2 Å². The fraction of sp³-hybridized carbons (Fsp3) is 0.0952. The van der Waals surface area contributed by atoms with Gasteiger partial charge in [-0.05, 0) is 43.3 Å². The summed E-state index contributed by atoms with van der Waals surface area (Å²) in [6.07, 6.45) is 1.62. The van der Waals surface area contributed by atoms with Crippen LogP contribution in [0.3, 0.4) is 0 Å². The number of para-hydroxylation sites is 1. The zero-order valence-electron chi connectivity index (χ0n) is 15.5. The maximum absolute atomic E-state index is 12.4. The van der Waals surface area contributed by atoms with Crippen LogP contribution in [0.25, 0.3) is 17.1 Å². The first kappa shape index (κ1) is 19.3. The van der Waals surface area contributed by atoms with Gasteiger partial charge < -0.3 is 9.73 Å². The first-order chi connectivity index (χ1) is 14.1. The summed E-state index contributed by atoms with van der Waals surface area (Å²) in [4.78, 5) is 12.4. The molecule has 2 aromatic carbocycles.